The van der Waals surface area contributed by atoms with Gasteiger partial charge in [0.15, 0.2) is 5.43 Å². The van der Waals surface area contributed by atoms with Crippen molar-refractivity contribution in [1.29, 1.82) is 0 Å². The van der Waals surface area contributed by atoms with E-state index in [1.165, 1.54) is 17.2 Å². The van der Waals surface area contributed by atoms with E-state index in [0.29, 0.717) is 11.0 Å². The van der Waals surface area contributed by atoms with Gasteiger partial charge in [0, 0.05) is 12.5 Å². The van der Waals surface area contributed by atoms with Crippen molar-refractivity contribution >= 4 is 63.2 Å². The second kappa shape index (κ2) is 9.66. The van der Waals surface area contributed by atoms with E-state index in [0.717, 1.165) is 22.9 Å². The van der Waals surface area contributed by atoms with Gasteiger partial charge in [-0.1, -0.05) is 30.0 Å². The maximum atomic E-state index is 13.0. The van der Waals surface area contributed by atoms with Crippen LogP contribution < -0.4 is 5.43 Å². The number of carboxylic acid groups (broad SMARTS) is 2. The van der Waals surface area contributed by atoms with E-state index in [1.807, 2.05) is 19.9 Å². The number of benzene rings is 1. The number of aliphatic carboxylic acids is 2. The zero-order valence-electron chi connectivity index (χ0n) is 17.4. The van der Waals surface area contributed by atoms with Gasteiger partial charge in [0.1, 0.15) is 16.2 Å². The van der Waals surface area contributed by atoms with Gasteiger partial charge in [-0.05, 0) is 50.0 Å². The molecule has 3 rings (SSSR count). The molecular weight excluding hydrogens is 454 g/mol. The Kier molecular flexibility index (Phi) is 7.15. The van der Waals surface area contributed by atoms with Crippen LogP contribution in [0.3, 0.4) is 0 Å². The Balaban J connectivity index is 1.93. The smallest absolute Gasteiger partial charge is 0.305 e. The van der Waals surface area contributed by atoms with Gasteiger partial charge in [0.05, 0.1) is 22.3 Å². The molecule has 1 aliphatic heterocycles. The zero-order valence-corrected chi connectivity index (χ0v) is 19.0. The Labute approximate surface area is 192 Å². The van der Waals surface area contributed by atoms with Crippen molar-refractivity contribution in [2.24, 2.45) is 0 Å². The van der Waals surface area contributed by atoms with Crippen LogP contribution in [0.2, 0.25) is 0 Å². The highest BCUT2D eigenvalue weighted by molar-refractivity contribution is 8.26. The second-order valence-corrected chi connectivity index (χ2v) is 9.24. The van der Waals surface area contributed by atoms with E-state index in [2.05, 4.69) is 0 Å². The fraction of sp³-hybridized carbons (Fsp3) is 0.318. The van der Waals surface area contributed by atoms with Gasteiger partial charge in [-0.25, -0.2) is 0 Å². The molecule has 0 radical (unpaired) electrons. The number of hydrogen-bond acceptors (Lipinski definition) is 7. The predicted molar refractivity (Wildman–Crippen MR) is 124 cm³/mol. The molecule has 0 aliphatic carbocycles. The van der Waals surface area contributed by atoms with Gasteiger partial charge in [0.2, 0.25) is 0 Å². The monoisotopic (exact) mass is 475 g/mol. The number of hydrogen-bond donors (Lipinski definition) is 2. The molecule has 1 aromatic heterocycles. The van der Waals surface area contributed by atoms with Crippen molar-refractivity contribution in [2.45, 2.75) is 45.6 Å². The molecule has 1 aromatic carbocycles. The van der Waals surface area contributed by atoms with Crippen molar-refractivity contribution in [2.75, 3.05) is 0 Å². The van der Waals surface area contributed by atoms with Crippen LogP contribution in [0.4, 0.5) is 0 Å². The van der Waals surface area contributed by atoms with E-state index in [-0.39, 0.29) is 45.9 Å². The first-order valence-corrected chi connectivity index (χ1v) is 11.0. The summed E-state index contributed by atoms with van der Waals surface area (Å²) >= 11 is 6.27. The number of fused-ring (bicyclic) bond motifs is 1. The molecule has 1 atom stereocenters. The first-order chi connectivity index (χ1) is 15.1. The molecule has 1 saturated heterocycles. The molecule has 32 heavy (non-hydrogen) atoms. The molecule has 8 nitrogen and oxygen atoms in total. The molecule has 168 valence electrons. The average Bonchev–Trinajstić information content (AvgIpc) is 2.96. The zero-order chi connectivity index (χ0) is 23.6. The van der Waals surface area contributed by atoms with Crippen molar-refractivity contribution in [3.8, 4) is 0 Å². The lowest BCUT2D eigenvalue weighted by Crippen LogP contribution is -2.40. The highest BCUT2D eigenvalue weighted by Crippen LogP contribution is 2.35. The third-order valence-corrected chi connectivity index (χ3v) is 6.37. The number of nitrogens with zero attached hydrogens (tertiary/aromatic N) is 1. The van der Waals surface area contributed by atoms with E-state index in [1.54, 1.807) is 6.07 Å². The minimum atomic E-state index is -1.12. The maximum absolute atomic E-state index is 13.0. The van der Waals surface area contributed by atoms with Gasteiger partial charge in [-0.3, -0.25) is 24.1 Å². The van der Waals surface area contributed by atoms with E-state index < -0.39 is 23.9 Å². The summed E-state index contributed by atoms with van der Waals surface area (Å²) in [5, 5.41) is 18.5. The molecule has 10 heteroatoms. The number of carbonyl (C=O) groups is 3. The third kappa shape index (κ3) is 5.08. The number of thioether (sulfide) groups is 1. The van der Waals surface area contributed by atoms with Gasteiger partial charge in [-0.2, -0.15) is 0 Å². The number of carbonyl (C=O) groups excluding carboxylic acids is 1. The molecule has 2 N–H and O–H groups in total. The van der Waals surface area contributed by atoms with Crippen LogP contribution in [0.5, 0.6) is 0 Å². The van der Waals surface area contributed by atoms with Crippen LogP contribution >= 0.6 is 24.0 Å². The average molecular weight is 476 g/mol. The highest BCUT2D eigenvalue weighted by Gasteiger charge is 2.38. The normalized spacial score (nSPS) is 16.2. The summed E-state index contributed by atoms with van der Waals surface area (Å²) in [4.78, 5) is 49.5. The van der Waals surface area contributed by atoms with Crippen molar-refractivity contribution in [3.63, 3.8) is 0 Å². The number of rotatable bonds is 8. The fourth-order valence-corrected chi connectivity index (χ4v) is 5.05. The molecule has 2 heterocycles. The predicted octanol–water partition coefficient (Wildman–Crippen LogP) is 3.71. The molecular formula is C22H21NO7S2. The molecule has 0 bridgehead atoms. The van der Waals surface area contributed by atoms with Crippen molar-refractivity contribution < 1.29 is 29.0 Å². The minimum absolute atomic E-state index is 0.141. The maximum Gasteiger partial charge on any atom is 0.305 e. The Morgan fingerprint density at radius 2 is 1.94 bits per heavy atom. The Morgan fingerprint density at radius 1 is 1.22 bits per heavy atom. The Bertz CT molecular complexity index is 1210. The molecule has 0 spiro atoms. The first-order valence-electron chi connectivity index (χ1n) is 9.82. The van der Waals surface area contributed by atoms with E-state index >= 15 is 0 Å². The van der Waals surface area contributed by atoms with Crippen LogP contribution in [0.15, 0.2) is 32.5 Å². The van der Waals surface area contributed by atoms with Crippen molar-refractivity contribution in [1.82, 2.24) is 4.90 Å². The summed E-state index contributed by atoms with van der Waals surface area (Å²) in [6.07, 6.45) is 2.57. The molecule has 0 saturated carbocycles. The topological polar surface area (TPSA) is 125 Å². The standard InChI is InChI=1S/C22H21NO7S2/c1-11-6-12(2)20-15(7-11)19(28)13(10-30-20)8-16-21(29)23(22(31)32-16)14(9-18(26)27)4-3-5-17(24)25/h6-8,10,14H,3-5,9H2,1-2H3,(H,24,25)(H,26,27). The van der Waals surface area contributed by atoms with Crippen molar-refractivity contribution in [3.05, 3.63) is 50.2 Å². The first kappa shape index (κ1) is 23.7. The highest BCUT2D eigenvalue weighted by atomic mass is 32.2. The lowest BCUT2D eigenvalue weighted by molar-refractivity contribution is -0.138. The molecule has 1 fully saturated rings. The summed E-state index contributed by atoms with van der Waals surface area (Å²) in [6, 6.07) is 2.86. The molecule has 1 unspecified atom stereocenters. The third-order valence-electron chi connectivity index (χ3n) is 5.04. The molecule has 2 aromatic rings. The van der Waals surface area contributed by atoms with E-state index in [4.69, 9.17) is 21.7 Å². The van der Waals surface area contributed by atoms with Gasteiger partial charge >= 0.3 is 11.9 Å². The van der Waals surface area contributed by atoms with Crippen LogP contribution in [-0.2, 0) is 14.4 Å². The van der Waals surface area contributed by atoms with Crippen LogP contribution in [0.25, 0.3) is 17.0 Å². The minimum Gasteiger partial charge on any atom is -0.481 e. The van der Waals surface area contributed by atoms with E-state index in [9.17, 15) is 24.3 Å². The summed E-state index contributed by atoms with van der Waals surface area (Å²) in [5.41, 5.74) is 2.11. The molecule has 1 amide bonds. The van der Waals surface area contributed by atoms with Gasteiger partial charge < -0.3 is 14.6 Å². The number of aryl methyl sites for hydroxylation is 2. The summed E-state index contributed by atoms with van der Waals surface area (Å²) in [6.45, 7) is 3.71. The Hall–Kier alpha value is -2.98. The number of carboxylic acids is 2. The summed E-state index contributed by atoms with van der Waals surface area (Å²) in [5.74, 6) is -2.64. The SMILES string of the molecule is Cc1cc(C)c2occ(C=C3SC(=S)N(C(CCCC(=O)O)CC(=O)O)C3=O)c(=O)c2c1. The van der Waals surface area contributed by atoms with Gasteiger partial charge in [0.25, 0.3) is 5.91 Å². The molecule has 1 aliphatic rings. The van der Waals surface area contributed by atoms with Crippen LogP contribution in [0.1, 0.15) is 42.4 Å². The second-order valence-electron chi connectivity index (χ2n) is 7.57. The van der Waals surface area contributed by atoms with Gasteiger partial charge in [-0.15, -0.1) is 0 Å². The lowest BCUT2D eigenvalue weighted by atomic mass is 10.0. The van der Waals surface area contributed by atoms with Crippen LogP contribution in [0, 0.1) is 13.8 Å². The Morgan fingerprint density at radius 3 is 2.59 bits per heavy atom. The summed E-state index contributed by atoms with van der Waals surface area (Å²) < 4.78 is 5.81. The quantitative estimate of drug-likeness (QED) is 0.434. The number of amides is 1. The fourth-order valence-electron chi connectivity index (χ4n) is 3.66. The van der Waals surface area contributed by atoms with Crippen LogP contribution in [-0.4, -0.2) is 43.3 Å². The largest absolute Gasteiger partial charge is 0.481 e. The number of thiocarbonyl (C=S) groups is 1. The lowest BCUT2D eigenvalue weighted by Gasteiger charge is -2.25. The summed E-state index contributed by atoms with van der Waals surface area (Å²) in [7, 11) is 0.